The van der Waals surface area contributed by atoms with Crippen molar-refractivity contribution in [3.8, 4) is 0 Å². The van der Waals surface area contributed by atoms with Crippen molar-refractivity contribution in [1.29, 1.82) is 0 Å². The maximum atomic E-state index is 11.5. The Morgan fingerprint density at radius 3 is 2.60 bits per heavy atom. The molecule has 1 unspecified atom stereocenters. The lowest BCUT2D eigenvalue weighted by atomic mass is 9.96. The highest BCUT2D eigenvalue weighted by Gasteiger charge is 2.40. The van der Waals surface area contributed by atoms with Crippen molar-refractivity contribution in [2.45, 2.75) is 63.8 Å². The number of carbonyl (C=O) groups is 1. The van der Waals surface area contributed by atoms with E-state index in [1.54, 1.807) is 0 Å². The summed E-state index contributed by atoms with van der Waals surface area (Å²) in [5, 5.41) is 6.42. The minimum Gasteiger partial charge on any atom is -0.444 e. The molecule has 0 spiro atoms. The van der Waals surface area contributed by atoms with E-state index in [9.17, 15) is 4.79 Å². The van der Waals surface area contributed by atoms with Crippen molar-refractivity contribution in [2.24, 2.45) is 0 Å². The second kappa shape index (κ2) is 3.67. The summed E-state index contributed by atoms with van der Waals surface area (Å²) in [5.41, 5.74) is -0.408. The van der Waals surface area contributed by atoms with Gasteiger partial charge in [0.2, 0.25) is 0 Å². The van der Waals surface area contributed by atoms with Gasteiger partial charge in [0.1, 0.15) is 5.60 Å². The zero-order valence-corrected chi connectivity index (χ0v) is 9.67. The molecule has 15 heavy (non-hydrogen) atoms. The smallest absolute Gasteiger partial charge is 0.407 e. The van der Waals surface area contributed by atoms with E-state index in [4.69, 9.17) is 4.74 Å². The van der Waals surface area contributed by atoms with E-state index >= 15 is 0 Å². The molecule has 3 atom stereocenters. The molecule has 0 aliphatic carbocycles. The molecule has 0 aromatic heterocycles. The van der Waals surface area contributed by atoms with Crippen LogP contribution in [0.5, 0.6) is 0 Å². The Morgan fingerprint density at radius 2 is 2.13 bits per heavy atom. The monoisotopic (exact) mass is 212 g/mol. The van der Waals surface area contributed by atoms with Gasteiger partial charge in [0, 0.05) is 18.1 Å². The molecule has 4 heteroatoms. The third-order valence-electron chi connectivity index (χ3n) is 3.00. The van der Waals surface area contributed by atoms with Crippen LogP contribution in [-0.4, -0.2) is 29.8 Å². The molecule has 86 valence electrons. The van der Waals surface area contributed by atoms with Crippen molar-refractivity contribution in [1.82, 2.24) is 10.6 Å². The van der Waals surface area contributed by atoms with Crippen LogP contribution in [0.3, 0.4) is 0 Å². The summed E-state index contributed by atoms with van der Waals surface area (Å²) in [6.07, 6.45) is 3.17. The maximum absolute atomic E-state index is 11.5. The van der Waals surface area contributed by atoms with E-state index in [2.05, 4.69) is 10.6 Å². The Hall–Kier alpha value is -0.770. The van der Waals surface area contributed by atoms with Gasteiger partial charge in [-0.25, -0.2) is 4.79 Å². The van der Waals surface area contributed by atoms with Gasteiger partial charge in [-0.2, -0.15) is 0 Å². The zero-order valence-electron chi connectivity index (χ0n) is 9.67. The number of fused-ring (bicyclic) bond motifs is 2. The van der Waals surface area contributed by atoms with E-state index < -0.39 is 5.60 Å². The summed E-state index contributed by atoms with van der Waals surface area (Å²) in [5.74, 6) is 0. The van der Waals surface area contributed by atoms with Gasteiger partial charge in [0.15, 0.2) is 0 Å². The van der Waals surface area contributed by atoms with E-state index in [-0.39, 0.29) is 12.1 Å². The Balaban J connectivity index is 1.80. The number of nitrogens with one attached hydrogen (secondary N) is 2. The first kappa shape index (κ1) is 10.7. The minimum absolute atomic E-state index is 0.263. The molecule has 2 fully saturated rings. The van der Waals surface area contributed by atoms with E-state index in [1.807, 2.05) is 20.8 Å². The topological polar surface area (TPSA) is 50.4 Å². The fraction of sp³-hybridized carbons (Fsp3) is 0.909. The molecule has 4 nitrogen and oxygen atoms in total. The molecule has 0 saturated carbocycles. The molecule has 2 rings (SSSR count). The molecule has 2 aliphatic rings. The highest BCUT2D eigenvalue weighted by Crippen LogP contribution is 2.28. The summed E-state index contributed by atoms with van der Waals surface area (Å²) in [7, 11) is 0. The highest BCUT2D eigenvalue weighted by atomic mass is 16.6. The standard InChI is InChI=1S/C11H20N2O2/c1-11(2,3)15-10(14)13-9-6-7-4-5-8(9)12-7/h7-9,12H,4-6H2,1-3H3,(H,13,14)/t7-,8+,9?/m0/s1. The summed E-state index contributed by atoms with van der Waals surface area (Å²) in [6.45, 7) is 5.64. The van der Waals surface area contributed by atoms with Crippen LogP contribution in [0.15, 0.2) is 0 Å². The Bertz CT molecular complexity index is 260. The molecule has 2 N–H and O–H groups in total. The third-order valence-corrected chi connectivity index (χ3v) is 3.00. The van der Waals surface area contributed by atoms with Crippen LogP contribution in [0.1, 0.15) is 40.0 Å². The number of rotatable bonds is 1. The van der Waals surface area contributed by atoms with Crippen LogP contribution in [0.2, 0.25) is 0 Å². The molecule has 2 aliphatic heterocycles. The Morgan fingerprint density at radius 1 is 1.40 bits per heavy atom. The van der Waals surface area contributed by atoms with Gasteiger partial charge in [-0.15, -0.1) is 0 Å². The van der Waals surface area contributed by atoms with Crippen LogP contribution < -0.4 is 10.6 Å². The molecule has 0 radical (unpaired) electrons. The molecule has 1 amide bonds. The highest BCUT2D eigenvalue weighted by molar-refractivity contribution is 5.68. The Kier molecular flexibility index (Phi) is 2.63. The van der Waals surface area contributed by atoms with Crippen molar-refractivity contribution in [2.75, 3.05) is 0 Å². The lowest BCUT2D eigenvalue weighted by Gasteiger charge is -2.25. The predicted molar refractivity (Wildman–Crippen MR) is 57.7 cm³/mol. The molecule has 0 aromatic rings. The van der Waals surface area contributed by atoms with Crippen LogP contribution in [0, 0.1) is 0 Å². The average molecular weight is 212 g/mol. The number of hydrogen-bond donors (Lipinski definition) is 2. The SMILES string of the molecule is CC(C)(C)OC(=O)NC1C[C@@H]2CC[C@H]1N2. The number of amides is 1. The number of ether oxygens (including phenoxy) is 1. The fourth-order valence-corrected chi connectivity index (χ4v) is 2.44. The van der Waals surface area contributed by atoms with Gasteiger partial charge in [-0.05, 0) is 40.0 Å². The second-order valence-corrected chi connectivity index (χ2v) is 5.54. The van der Waals surface area contributed by atoms with Crippen molar-refractivity contribution >= 4 is 6.09 Å². The van der Waals surface area contributed by atoms with Gasteiger partial charge >= 0.3 is 6.09 Å². The quantitative estimate of drug-likeness (QED) is 0.691. The first-order valence-electron chi connectivity index (χ1n) is 5.69. The fourth-order valence-electron chi connectivity index (χ4n) is 2.44. The maximum Gasteiger partial charge on any atom is 0.407 e. The first-order valence-corrected chi connectivity index (χ1v) is 5.69. The van der Waals surface area contributed by atoms with E-state index in [0.29, 0.717) is 12.1 Å². The van der Waals surface area contributed by atoms with Crippen LogP contribution >= 0.6 is 0 Å². The van der Waals surface area contributed by atoms with Gasteiger partial charge in [0.05, 0.1) is 0 Å². The normalized spacial score (nSPS) is 34.2. The van der Waals surface area contributed by atoms with Crippen molar-refractivity contribution in [3.05, 3.63) is 0 Å². The molecule has 0 aromatic carbocycles. The van der Waals surface area contributed by atoms with Gasteiger partial charge in [0.25, 0.3) is 0 Å². The summed E-state index contributed by atoms with van der Waals surface area (Å²) >= 11 is 0. The molecule has 2 heterocycles. The molecular weight excluding hydrogens is 192 g/mol. The van der Waals surface area contributed by atoms with Crippen molar-refractivity contribution < 1.29 is 9.53 Å². The van der Waals surface area contributed by atoms with Crippen LogP contribution in [0.25, 0.3) is 0 Å². The number of carbonyl (C=O) groups excluding carboxylic acids is 1. The Labute approximate surface area is 90.8 Å². The number of alkyl carbamates (subject to hydrolysis) is 1. The average Bonchev–Trinajstić information content (AvgIpc) is 2.60. The molecule has 2 bridgehead atoms. The summed E-state index contributed by atoms with van der Waals surface area (Å²) in [6, 6.07) is 1.33. The minimum atomic E-state index is -0.408. The molecule has 2 saturated heterocycles. The summed E-state index contributed by atoms with van der Waals surface area (Å²) in [4.78, 5) is 11.5. The van der Waals surface area contributed by atoms with Gasteiger partial charge in [-0.3, -0.25) is 0 Å². The zero-order chi connectivity index (χ0) is 11.1. The summed E-state index contributed by atoms with van der Waals surface area (Å²) < 4.78 is 5.23. The lowest BCUT2D eigenvalue weighted by Crippen LogP contribution is -2.45. The van der Waals surface area contributed by atoms with E-state index in [1.165, 1.54) is 12.8 Å². The first-order chi connectivity index (χ1) is 6.94. The predicted octanol–water partition coefficient (Wildman–Crippen LogP) is 1.40. The lowest BCUT2D eigenvalue weighted by molar-refractivity contribution is 0.0497. The van der Waals surface area contributed by atoms with Gasteiger partial charge < -0.3 is 15.4 Å². The van der Waals surface area contributed by atoms with E-state index in [0.717, 1.165) is 6.42 Å². The van der Waals surface area contributed by atoms with Crippen molar-refractivity contribution in [3.63, 3.8) is 0 Å². The molecular formula is C11H20N2O2. The number of hydrogen-bond acceptors (Lipinski definition) is 3. The largest absolute Gasteiger partial charge is 0.444 e. The second-order valence-electron chi connectivity index (χ2n) is 5.54. The van der Waals surface area contributed by atoms with Crippen LogP contribution in [-0.2, 0) is 4.74 Å². The third kappa shape index (κ3) is 2.62. The van der Waals surface area contributed by atoms with Gasteiger partial charge in [-0.1, -0.05) is 0 Å². The van der Waals surface area contributed by atoms with Crippen LogP contribution in [0.4, 0.5) is 4.79 Å².